The van der Waals surface area contributed by atoms with E-state index < -0.39 is 0 Å². The molecule has 0 aromatic rings. The second-order valence-corrected chi connectivity index (χ2v) is 10.3. The van der Waals surface area contributed by atoms with Gasteiger partial charge in [-0.15, -0.1) is 0 Å². The number of nitrogens with zero attached hydrogens (tertiary/aromatic N) is 1. The second kappa shape index (κ2) is 15.1. The zero-order valence-corrected chi connectivity index (χ0v) is 15.2. The molecular formula is C9H29NSi3. The summed E-state index contributed by atoms with van der Waals surface area (Å²) in [7, 11) is 4.47. The zero-order valence-electron chi connectivity index (χ0n) is 10.4. The van der Waals surface area contributed by atoms with Gasteiger partial charge in [-0.2, -0.15) is 0 Å². The minimum Gasteiger partial charge on any atom is -0.307 e. The van der Waals surface area contributed by atoms with E-state index in [0.29, 0.717) is 19.0 Å². The summed E-state index contributed by atoms with van der Waals surface area (Å²) in [5, 5.41) is 0. The molecule has 0 aromatic heterocycles. The Morgan fingerprint density at radius 1 is 1.23 bits per heavy atom. The molecule has 0 fully saturated rings. The molecule has 0 bridgehead atoms. The fraction of sp³-hybridized carbons (Fsp3) is 1.00. The van der Waals surface area contributed by atoms with Gasteiger partial charge < -0.3 is 4.90 Å². The van der Waals surface area contributed by atoms with Crippen molar-refractivity contribution in [1.82, 2.24) is 4.90 Å². The smallest absolute Gasteiger partial charge is 0.0167 e. The van der Waals surface area contributed by atoms with E-state index in [-0.39, 0.29) is 0 Å². The van der Waals surface area contributed by atoms with E-state index in [1.807, 2.05) is 0 Å². The van der Waals surface area contributed by atoms with Crippen molar-refractivity contribution in [2.75, 3.05) is 20.1 Å². The van der Waals surface area contributed by atoms with Gasteiger partial charge in [-0.05, 0) is 36.8 Å². The van der Waals surface area contributed by atoms with Crippen molar-refractivity contribution in [2.45, 2.75) is 38.2 Å². The van der Waals surface area contributed by atoms with Crippen molar-refractivity contribution in [1.29, 1.82) is 0 Å². The van der Waals surface area contributed by atoms with E-state index in [2.05, 4.69) is 32.0 Å². The predicted octanol–water partition coefficient (Wildman–Crippen LogP) is -0.0921. The van der Waals surface area contributed by atoms with Crippen LogP contribution in [0.2, 0.25) is 24.8 Å². The molecular weight excluding hydrogens is 206 g/mol. The van der Waals surface area contributed by atoms with Crippen molar-refractivity contribution in [3.8, 4) is 0 Å². The van der Waals surface area contributed by atoms with Crippen molar-refractivity contribution in [3.05, 3.63) is 0 Å². The molecule has 0 saturated heterocycles. The maximum absolute atomic E-state index is 2.38. The molecule has 4 heteroatoms. The third-order valence-corrected chi connectivity index (χ3v) is 7.39. The van der Waals surface area contributed by atoms with Crippen LogP contribution in [0.25, 0.3) is 0 Å². The molecule has 0 saturated carbocycles. The van der Waals surface area contributed by atoms with Gasteiger partial charge in [0.25, 0.3) is 0 Å². The molecule has 0 rings (SSSR count). The fourth-order valence-electron chi connectivity index (χ4n) is 0.790. The van der Waals surface area contributed by atoms with Crippen LogP contribution in [0.1, 0.15) is 13.3 Å². The quantitative estimate of drug-likeness (QED) is 0.459. The molecule has 0 aliphatic carbocycles. The van der Waals surface area contributed by atoms with Gasteiger partial charge in [0.15, 0.2) is 0 Å². The number of rotatable bonds is 6. The van der Waals surface area contributed by atoms with E-state index in [0.717, 1.165) is 0 Å². The fourth-order valence-corrected chi connectivity index (χ4v) is 1.51. The summed E-state index contributed by atoms with van der Waals surface area (Å²) in [6.07, 6.45) is 1.42. The van der Waals surface area contributed by atoms with Crippen LogP contribution in [0, 0.1) is 0 Å². The van der Waals surface area contributed by atoms with E-state index in [1.165, 1.54) is 35.8 Å². The van der Waals surface area contributed by atoms with Gasteiger partial charge in [-0.3, -0.25) is 0 Å². The summed E-state index contributed by atoms with van der Waals surface area (Å²) in [6.45, 7) is 9.45. The first-order chi connectivity index (χ1) is 6.22. The van der Waals surface area contributed by atoms with Gasteiger partial charge in [0.1, 0.15) is 0 Å². The molecule has 1 nitrogen and oxygen atoms in total. The third kappa shape index (κ3) is 19.1. The third-order valence-electron chi connectivity index (χ3n) is 2.18. The predicted molar refractivity (Wildman–Crippen MR) is 76.2 cm³/mol. The SMILES string of the molecule is CCN(C)CCC[SiH2]C.C[SiH2]C[SiH3]. The summed E-state index contributed by atoms with van der Waals surface area (Å²) in [5.74, 6) is 0. The molecule has 0 spiro atoms. The first kappa shape index (κ1) is 16.1. The molecule has 82 valence electrons. The van der Waals surface area contributed by atoms with Crippen LogP contribution in [0.5, 0.6) is 0 Å². The minimum absolute atomic E-state index is 0.337. The molecule has 0 N–H and O–H groups in total. The Morgan fingerprint density at radius 2 is 1.77 bits per heavy atom. The van der Waals surface area contributed by atoms with Crippen molar-refractivity contribution >= 4 is 29.3 Å². The highest BCUT2D eigenvalue weighted by Gasteiger charge is 1.91. The normalized spacial score (nSPS) is 11.8. The van der Waals surface area contributed by atoms with Crippen LogP contribution in [-0.4, -0.2) is 54.3 Å². The summed E-state index contributed by atoms with van der Waals surface area (Å²) in [4.78, 5) is 2.38. The average Bonchev–Trinajstić information content (AvgIpc) is 2.18. The topological polar surface area (TPSA) is 3.24 Å². The van der Waals surface area contributed by atoms with Gasteiger partial charge in [-0.25, -0.2) is 0 Å². The van der Waals surface area contributed by atoms with Crippen LogP contribution in [0.15, 0.2) is 0 Å². The first-order valence-electron chi connectivity index (χ1n) is 5.91. The van der Waals surface area contributed by atoms with Crippen LogP contribution in [0.3, 0.4) is 0 Å². The highest BCUT2D eigenvalue weighted by Crippen LogP contribution is 1.91. The van der Waals surface area contributed by atoms with Crippen molar-refractivity contribution in [3.63, 3.8) is 0 Å². The Morgan fingerprint density at radius 3 is 2.08 bits per heavy atom. The number of hydrogen-bond acceptors (Lipinski definition) is 1. The number of hydrogen-bond donors (Lipinski definition) is 0. The van der Waals surface area contributed by atoms with Gasteiger partial charge in [0.2, 0.25) is 0 Å². The molecule has 0 amide bonds. The Hall–Kier alpha value is 0.611. The lowest BCUT2D eigenvalue weighted by Gasteiger charge is -2.12. The maximum atomic E-state index is 2.38. The summed E-state index contributed by atoms with van der Waals surface area (Å²) >= 11 is 0. The highest BCUT2D eigenvalue weighted by atomic mass is 28.2. The Bertz CT molecular complexity index is 79.3. The van der Waals surface area contributed by atoms with Gasteiger partial charge in [0, 0.05) is 19.0 Å². The van der Waals surface area contributed by atoms with E-state index in [9.17, 15) is 0 Å². The highest BCUT2D eigenvalue weighted by molar-refractivity contribution is 6.45. The monoisotopic (exact) mass is 235 g/mol. The standard InChI is InChI=1S/C7H19NSi.C2H10Si2/c1-4-8(2)6-5-7-9-3;1-4-2-3/h4-7,9H2,1-3H3;2,4H2,1,3H3. The van der Waals surface area contributed by atoms with Gasteiger partial charge in [-0.1, -0.05) is 31.7 Å². The summed E-state index contributed by atoms with van der Waals surface area (Å²) in [5.41, 5.74) is 1.60. The van der Waals surface area contributed by atoms with Crippen LogP contribution < -0.4 is 0 Å². The molecule has 0 aliphatic rings. The maximum Gasteiger partial charge on any atom is 0.0167 e. The van der Waals surface area contributed by atoms with Crippen molar-refractivity contribution in [2.24, 2.45) is 0 Å². The largest absolute Gasteiger partial charge is 0.307 e. The van der Waals surface area contributed by atoms with Gasteiger partial charge >= 0.3 is 0 Å². The molecule has 13 heavy (non-hydrogen) atoms. The molecule has 0 radical (unpaired) electrons. The zero-order chi connectivity index (χ0) is 10.5. The van der Waals surface area contributed by atoms with E-state index in [1.54, 1.807) is 5.67 Å². The van der Waals surface area contributed by atoms with E-state index in [4.69, 9.17) is 0 Å². The lowest BCUT2D eigenvalue weighted by atomic mass is 10.4. The van der Waals surface area contributed by atoms with Crippen molar-refractivity contribution < 1.29 is 0 Å². The Kier molecular flexibility index (Phi) is 18.6. The lowest BCUT2D eigenvalue weighted by Crippen LogP contribution is -2.18. The summed E-state index contributed by atoms with van der Waals surface area (Å²) in [6, 6.07) is 1.52. The lowest BCUT2D eigenvalue weighted by molar-refractivity contribution is 0.353. The van der Waals surface area contributed by atoms with Crippen LogP contribution >= 0.6 is 0 Å². The Labute approximate surface area is 92.7 Å². The second-order valence-electron chi connectivity index (χ2n) is 3.60. The summed E-state index contributed by atoms with van der Waals surface area (Å²) < 4.78 is 0. The first-order valence-corrected chi connectivity index (χ1v) is 12.2. The minimum atomic E-state index is 0.337. The van der Waals surface area contributed by atoms with Crippen LogP contribution in [0.4, 0.5) is 0 Å². The van der Waals surface area contributed by atoms with E-state index >= 15 is 0 Å². The Balaban J connectivity index is 0. The average molecular weight is 236 g/mol. The molecule has 0 aliphatic heterocycles. The van der Waals surface area contributed by atoms with Gasteiger partial charge in [0.05, 0.1) is 0 Å². The molecule has 0 aromatic carbocycles. The molecule has 0 atom stereocenters. The van der Waals surface area contributed by atoms with Crippen LogP contribution in [-0.2, 0) is 0 Å². The molecule has 0 unspecified atom stereocenters. The molecule has 0 heterocycles.